The molecule has 140 valence electrons. The third kappa shape index (κ3) is 4.49. The minimum Gasteiger partial charge on any atom is -0.456 e. The number of halogens is 1. The smallest absolute Gasteiger partial charge is 0.338 e. The number of ether oxygens (including phenoxy) is 1. The SMILES string of the molecule is CC(C)(C)OC(=O)c1ccc(CO/N=C2\C(=O)Nc3cc(F)ccc32)cc1. The first-order chi connectivity index (χ1) is 12.7. The number of benzene rings is 2. The largest absolute Gasteiger partial charge is 0.456 e. The van der Waals surface area contributed by atoms with Gasteiger partial charge in [0.25, 0.3) is 5.91 Å². The van der Waals surface area contributed by atoms with Crippen LogP contribution in [0.5, 0.6) is 0 Å². The molecular weight excluding hydrogens is 351 g/mol. The molecule has 2 aromatic carbocycles. The third-order valence-electron chi connectivity index (χ3n) is 3.68. The number of fused-ring (bicyclic) bond motifs is 1. The number of nitrogens with one attached hydrogen (secondary N) is 1. The zero-order valence-electron chi connectivity index (χ0n) is 15.2. The number of rotatable bonds is 4. The normalized spacial score (nSPS) is 14.7. The van der Waals surface area contributed by atoms with Crippen molar-refractivity contribution < 1.29 is 23.6 Å². The van der Waals surface area contributed by atoms with Crippen LogP contribution in [0.3, 0.4) is 0 Å². The predicted octanol–water partition coefficient (Wildman–Crippen LogP) is 3.65. The molecule has 0 atom stereocenters. The van der Waals surface area contributed by atoms with Gasteiger partial charge in [-0.3, -0.25) is 4.79 Å². The van der Waals surface area contributed by atoms with E-state index in [2.05, 4.69) is 10.5 Å². The van der Waals surface area contributed by atoms with E-state index in [-0.39, 0.29) is 12.3 Å². The average Bonchev–Trinajstić information content (AvgIpc) is 2.88. The molecule has 0 fully saturated rings. The highest BCUT2D eigenvalue weighted by Crippen LogP contribution is 2.24. The fourth-order valence-electron chi connectivity index (χ4n) is 2.47. The van der Waals surface area contributed by atoms with Crippen molar-refractivity contribution in [2.45, 2.75) is 33.0 Å². The van der Waals surface area contributed by atoms with Crippen LogP contribution in [-0.2, 0) is 21.0 Å². The highest BCUT2D eigenvalue weighted by Gasteiger charge is 2.27. The summed E-state index contributed by atoms with van der Waals surface area (Å²) in [6.07, 6.45) is 0. The molecule has 1 N–H and O–H groups in total. The van der Waals surface area contributed by atoms with E-state index in [1.807, 2.05) is 0 Å². The molecule has 0 radical (unpaired) electrons. The summed E-state index contributed by atoms with van der Waals surface area (Å²) in [6, 6.07) is 10.7. The number of oxime groups is 1. The fourth-order valence-corrected chi connectivity index (χ4v) is 2.47. The maximum absolute atomic E-state index is 13.2. The molecule has 0 saturated carbocycles. The molecule has 1 amide bonds. The summed E-state index contributed by atoms with van der Waals surface area (Å²) in [4.78, 5) is 29.2. The molecule has 0 aromatic heterocycles. The predicted molar refractivity (Wildman–Crippen MR) is 98.0 cm³/mol. The summed E-state index contributed by atoms with van der Waals surface area (Å²) in [5, 5.41) is 6.40. The highest BCUT2D eigenvalue weighted by molar-refractivity contribution is 6.53. The van der Waals surface area contributed by atoms with E-state index in [1.54, 1.807) is 45.0 Å². The zero-order chi connectivity index (χ0) is 19.6. The zero-order valence-corrected chi connectivity index (χ0v) is 15.2. The maximum atomic E-state index is 13.2. The number of anilines is 1. The van der Waals surface area contributed by atoms with Crippen LogP contribution >= 0.6 is 0 Å². The molecule has 1 aliphatic heterocycles. The van der Waals surface area contributed by atoms with Crippen LogP contribution in [0.25, 0.3) is 0 Å². The number of amides is 1. The van der Waals surface area contributed by atoms with Gasteiger partial charge in [0.05, 0.1) is 11.3 Å². The lowest BCUT2D eigenvalue weighted by atomic mass is 10.1. The second kappa shape index (κ2) is 7.19. The van der Waals surface area contributed by atoms with Gasteiger partial charge in [0, 0.05) is 5.56 Å². The second-order valence-electron chi connectivity index (χ2n) is 7.06. The molecule has 3 rings (SSSR count). The minimum absolute atomic E-state index is 0.0929. The first kappa shape index (κ1) is 18.6. The molecule has 27 heavy (non-hydrogen) atoms. The van der Waals surface area contributed by atoms with E-state index in [0.29, 0.717) is 16.8 Å². The summed E-state index contributed by atoms with van der Waals surface area (Å²) >= 11 is 0. The van der Waals surface area contributed by atoms with Crippen molar-refractivity contribution in [1.82, 2.24) is 0 Å². The lowest BCUT2D eigenvalue weighted by Crippen LogP contribution is -2.23. The van der Waals surface area contributed by atoms with Crippen LogP contribution in [0.15, 0.2) is 47.6 Å². The first-order valence-electron chi connectivity index (χ1n) is 8.36. The Bertz CT molecular complexity index is 915. The van der Waals surface area contributed by atoms with Gasteiger partial charge in [0.2, 0.25) is 0 Å². The number of nitrogens with zero attached hydrogens (tertiary/aromatic N) is 1. The molecule has 0 spiro atoms. The fraction of sp³-hybridized carbons (Fsp3) is 0.250. The Hall–Kier alpha value is -3.22. The number of esters is 1. The van der Waals surface area contributed by atoms with E-state index in [1.165, 1.54) is 18.2 Å². The summed E-state index contributed by atoms with van der Waals surface area (Å²) < 4.78 is 18.5. The molecular formula is C20H19FN2O4. The molecule has 0 bridgehead atoms. The topological polar surface area (TPSA) is 77.0 Å². The molecule has 1 heterocycles. The van der Waals surface area contributed by atoms with Crippen molar-refractivity contribution >= 4 is 23.3 Å². The van der Waals surface area contributed by atoms with E-state index < -0.39 is 23.3 Å². The Morgan fingerprint density at radius 3 is 2.52 bits per heavy atom. The van der Waals surface area contributed by atoms with Crippen LogP contribution in [-0.4, -0.2) is 23.2 Å². The number of carbonyl (C=O) groups is 2. The van der Waals surface area contributed by atoms with Crippen molar-refractivity contribution in [3.05, 3.63) is 65.0 Å². The van der Waals surface area contributed by atoms with Gasteiger partial charge >= 0.3 is 5.97 Å². The number of carbonyl (C=O) groups excluding carboxylic acids is 2. The molecule has 0 unspecified atom stereocenters. The number of hydrogen-bond acceptors (Lipinski definition) is 5. The molecule has 6 nitrogen and oxygen atoms in total. The van der Waals surface area contributed by atoms with Crippen LogP contribution < -0.4 is 5.32 Å². The van der Waals surface area contributed by atoms with Gasteiger partial charge in [-0.15, -0.1) is 0 Å². The van der Waals surface area contributed by atoms with Crippen LogP contribution in [0.4, 0.5) is 10.1 Å². The van der Waals surface area contributed by atoms with E-state index >= 15 is 0 Å². The Balaban J connectivity index is 1.64. The van der Waals surface area contributed by atoms with Gasteiger partial charge in [-0.25, -0.2) is 9.18 Å². The summed E-state index contributed by atoms with van der Waals surface area (Å²) in [6.45, 7) is 5.52. The van der Waals surface area contributed by atoms with Crippen LogP contribution in [0, 0.1) is 5.82 Å². The van der Waals surface area contributed by atoms with Gasteiger partial charge in [-0.1, -0.05) is 17.3 Å². The first-order valence-corrected chi connectivity index (χ1v) is 8.36. The van der Waals surface area contributed by atoms with Crippen LogP contribution in [0.1, 0.15) is 42.3 Å². The Morgan fingerprint density at radius 1 is 1.15 bits per heavy atom. The lowest BCUT2D eigenvalue weighted by molar-refractivity contribution is -0.110. The van der Waals surface area contributed by atoms with Gasteiger partial charge in [-0.2, -0.15) is 0 Å². The van der Waals surface area contributed by atoms with Crippen molar-refractivity contribution in [3.63, 3.8) is 0 Å². The third-order valence-corrected chi connectivity index (χ3v) is 3.68. The molecule has 0 aliphatic carbocycles. The van der Waals surface area contributed by atoms with E-state index in [4.69, 9.17) is 9.57 Å². The van der Waals surface area contributed by atoms with Gasteiger partial charge in [-0.05, 0) is 56.7 Å². The van der Waals surface area contributed by atoms with Crippen molar-refractivity contribution in [2.24, 2.45) is 5.16 Å². The second-order valence-corrected chi connectivity index (χ2v) is 7.06. The van der Waals surface area contributed by atoms with Crippen molar-refractivity contribution in [3.8, 4) is 0 Å². The van der Waals surface area contributed by atoms with Gasteiger partial charge in [0.1, 0.15) is 18.0 Å². The minimum atomic E-state index is -0.559. The maximum Gasteiger partial charge on any atom is 0.338 e. The summed E-state index contributed by atoms with van der Waals surface area (Å²) in [5.74, 6) is -1.29. The van der Waals surface area contributed by atoms with Gasteiger partial charge < -0.3 is 14.9 Å². The Kier molecular flexibility index (Phi) is 4.94. The molecule has 0 saturated heterocycles. The van der Waals surface area contributed by atoms with Crippen LogP contribution in [0.2, 0.25) is 0 Å². The standard InChI is InChI=1S/C20H19FN2O4/c1-20(2,3)27-19(25)13-6-4-12(5-7-13)11-26-23-17-15-9-8-14(21)10-16(15)22-18(17)24/h4-10H,11H2,1-3H3,(H,22,23,24). The monoisotopic (exact) mass is 370 g/mol. The van der Waals surface area contributed by atoms with E-state index in [9.17, 15) is 14.0 Å². The molecule has 2 aromatic rings. The summed E-state index contributed by atoms with van der Waals surface area (Å²) in [5.41, 5.74) is 1.59. The molecule has 7 heteroatoms. The lowest BCUT2D eigenvalue weighted by Gasteiger charge is -2.19. The summed E-state index contributed by atoms with van der Waals surface area (Å²) in [7, 11) is 0. The number of hydrogen-bond donors (Lipinski definition) is 1. The quantitative estimate of drug-likeness (QED) is 0.658. The highest BCUT2D eigenvalue weighted by atomic mass is 19.1. The Labute approximate surface area is 156 Å². The van der Waals surface area contributed by atoms with Gasteiger partial charge in [0.15, 0.2) is 5.71 Å². The van der Waals surface area contributed by atoms with Crippen molar-refractivity contribution in [1.29, 1.82) is 0 Å². The van der Waals surface area contributed by atoms with Crippen molar-refractivity contribution in [2.75, 3.05) is 5.32 Å². The Morgan fingerprint density at radius 2 is 1.85 bits per heavy atom. The molecule has 1 aliphatic rings. The van der Waals surface area contributed by atoms with E-state index in [0.717, 1.165) is 5.56 Å². The average molecular weight is 370 g/mol.